The van der Waals surface area contributed by atoms with Crippen LogP contribution in [0.25, 0.3) is 0 Å². The average molecular weight is 367 g/mol. The van der Waals surface area contributed by atoms with Gasteiger partial charge < -0.3 is 10.6 Å². The normalized spacial score (nSPS) is 10.5. The van der Waals surface area contributed by atoms with E-state index in [0.29, 0.717) is 34.6 Å². The molecule has 128 valence electrons. The number of amides is 1. The van der Waals surface area contributed by atoms with Crippen molar-refractivity contribution in [2.75, 3.05) is 18.4 Å². The number of carbonyl (C=O) groups is 1. The van der Waals surface area contributed by atoms with Crippen LogP contribution in [-0.4, -0.2) is 29.0 Å². The van der Waals surface area contributed by atoms with Gasteiger partial charge in [0.05, 0.1) is 0 Å². The van der Waals surface area contributed by atoms with Gasteiger partial charge in [-0.2, -0.15) is 0 Å². The Hall–Kier alpha value is -1.85. The molecule has 0 unspecified atom stereocenters. The van der Waals surface area contributed by atoms with Crippen molar-refractivity contribution in [1.29, 1.82) is 0 Å². The van der Waals surface area contributed by atoms with Crippen molar-refractivity contribution in [3.8, 4) is 0 Å². The van der Waals surface area contributed by atoms with Crippen LogP contribution in [0.5, 0.6) is 0 Å². The smallest absolute Gasteiger partial charge is 0.270 e. The molecule has 2 rings (SSSR count). The van der Waals surface area contributed by atoms with Crippen molar-refractivity contribution < 1.29 is 4.79 Å². The zero-order chi connectivity index (χ0) is 17.4. The zero-order valence-electron chi connectivity index (χ0n) is 13.5. The Kier molecular flexibility index (Phi) is 7.28. The molecule has 0 atom stereocenters. The number of hydrogen-bond donors (Lipinski definition) is 2. The summed E-state index contributed by atoms with van der Waals surface area (Å²) in [5, 5.41) is 7.27. The van der Waals surface area contributed by atoms with Gasteiger partial charge in [0.1, 0.15) is 17.8 Å². The van der Waals surface area contributed by atoms with Crippen molar-refractivity contribution in [3.05, 3.63) is 51.9 Å². The molecule has 2 aromatic rings. The van der Waals surface area contributed by atoms with E-state index in [1.165, 1.54) is 6.33 Å². The summed E-state index contributed by atoms with van der Waals surface area (Å²) in [6.07, 6.45) is 4.08. The van der Waals surface area contributed by atoms with Crippen LogP contribution in [0, 0.1) is 0 Å². The summed E-state index contributed by atoms with van der Waals surface area (Å²) in [6.45, 7) is 3.36. The Morgan fingerprint density at radius 1 is 1.17 bits per heavy atom. The van der Waals surface area contributed by atoms with E-state index in [4.69, 9.17) is 23.2 Å². The van der Waals surface area contributed by atoms with Crippen molar-refractivity contribution in [3.63, 3.8) is 0 Å². The fourth-order valence-electron chi connectivity index (χ4n) is 2.10. The van der Waals surface area contributed by atoms with E-state index in [9.17, 15) is 4.79 Å². The van der Waals surface area contributed by atoms with Crippen molar-refractivity contribution >= 4 is 34.9 Å². The number of nitrogens with zero attached hydrogens (tertiary/aromatic N) is 2. The molecule has 1 heterocycles. The van der Waals surface area contributed by atoms with Gasteiger partial charge >= 0.3 is 0 Å². The van der Waals surface area contributed by atoms with Crippen LogP contribution in [0.3, 0.4) is 0 Å². The van der Waals surface area contributed by atoms with Gasteiger partial charge in [-0.3, -0.25) is 4.79 Å². The van der Waals surface area contributed by atoms with Gasteiger partial charge in [0.25, 0.3) is 5.91 Å². The predicted octanol–water partition coefficient (Wildman–Crippen LogP) is 3.97. The largest absolute Gasteiger partial charge is 0.370 e. The van der Waals surface area contributed by atoms with Crippen molar-refractivity contribution in [1.82, 2.24) is 15.3 Å². The number of aromatic nitrogens is 2. The molecule has 1 amide bonds. The van der Waals surface area contributed by atoms with Crippen LogP contribution in [0.2, 0.25) is 10.0 Å². The van der Waals surface area contributed by atoms with Crippen LogP contribution >= 0.6 is 23.2 Å². The number of anilines is 1. The first-order chi connectivity index (χ1) is 11.6. The molecule has 0 aliphatic rings. The van der Waals surface area contributed by atoms with E-state index in [-0.39, 0.29) is 5.91 Å². The molecule has 0 saturated carbocycles. The number of nitrogens with one attached hydrogen (secondary N) is 2. The van der Waals surface area contributed by atoms with E-state index >= 15 is 0 Å². The summed E-state index contributed by atoms with van der Waals surface area (Å²) >= 11 is 12.0. The maximum atomic E-state index is 12.0. The predicted molar refractivity (Wildman–Crippen MR) is 97.9 cm³/mol. The van der Waals surface area contributed by atoms with E-state index in [1.54, 1.807) is 12.1 Å². The third-order valence-corrected chi connectivity index (χ3v) is 4.02. The van der Waals surface area contributed by atoms with Crippen LogP contribution < -0.4 is 10.6 Å². The monoisotopic (exact) mass is 366 g/mol. The number of carbonyl (C=O) groups excluding carboxylic acids is 1. The number of halogens is 2. The molecule has 5 nitrogen and oxygen atoms in total. The first-order valence-corrected chi connectivity index (χ1v) is 8.63. The van der Waals surface area contributed by atoms with Crippen LogP contribution in [0.15, 0.2) is 30.6 Å². The van der Waals surface area contributed by atoms with Crippen molar-refractivity contribution in [2.45, 2.75) is 26.2 Å². The number of hydrogen-bond acceptors (Lipinski definition) is 4. The van der Waals surface area contributed by atoms with E-state index in [0.717, 1.165) is 24.8 Å². The summed E-state index contributed by atoms with van der Waals surface area (Å²) < 4.78 is 0. The molecule has 2 N–H and O–H groups in total. The second-order valence-electron chi connectivity index (χ2n) is 5.31. The maximum Gasteiger partial charge on any atom is 0.270 e. The second-order valence-corrected chi connectivity index (χ2v) is 6.15. The van der Waals surface area contributed by atoms with E-state index in [1.807, 2.05) is 12.1 Å². The maximum absolute atomic E-state index is 12.0. The molecular weight excluding hydrogens is 347 g/mol. The van der Waals surface area contributed by atoms with Gasteiger partial charge in [0.2, 0.25) is 0 Å². The first kappa shape index (κ1) is 18.5. The van der Waals surface area contributed by atoms with Crippen molar-refractivity contribution in [2.24, 2.45) is 0 Å². The minimum Gasteiger partial charge on any atom is -0.370 e. The Labute approximate surface area is 151 Å². The lowest BCUT2D eigenvalue weighted by Gasteiger charge is -2.08. The van der Waals surface area contributed by atoms with E-state index < -0.39 is 0 Å². The molecule has 0 saturated heterocycles. The molecular formula is C17H20Cl2N4O. The van der Waals surface area contributed by atoms with E-state index in [2.05, 4.69) is 27.5 Å². The Morgan fingerprint density at radius 2 is 2.00 bits per heavy atom. The third kappa shape index (κ3) is 5.65. The molecule has 1 aromatic carbocycles. The van der Waals surface area contributed by atoms with Crippen LogP contribution in [0.4, 0.5) is 5.82 Å². The molecule has 0 spiro atoms. The number of unbranched alkanes of at least 4 members (excludes halogenated alkanes) is 1. The fourth-order valence-corrected chi connectivity index (χ4v) is 2.60. The Morgan fingerprint density at radius 3 is 2.75 bits per heavy atom. The highest BCUT2D eigenvalue weighted by atomic mass is 35.5. The summed E-state index contributed by atoms with van der Waals surface area (Å²) in [4.78, 5) is 20.1. The molecule has 0 fully saturated rings. The highest BCUT2D eigenvalue weighted by Gasteiger charge is 2.08. The molecule has 24 heavy (non-hydrogen) atoms. The number of rotatable bonds is 8. The topological polar surface area (TPSA) is 66.9 Å². The average Bonchev–Trinajstić information content (AvgIpc) is 2.57. The molecule has 0 radical (unpaired) electrons. The molecule has 0 aliphatic carbocycles. The summed E-state index contributed by atoms with van der Waals surface area (Å²) in [7, 11) is 0. The van der Waals surface area contributed by atoms with Crippen LogP contribution in [0.1, 0.15) is 35.8 Å². The van der Waals surface area contributed by atoms with Gasteiger partial charge in [-0.25, -0.2) is 9.97 Å². The highest BCUT2D eigenvalue weighted by Crippen LogP contribution is 2.21. The molecule has 1 aromatic heterocycles. The minimum atomic E-state index is -0.186. The quantitative estimate of drug-likeness (QED) is 0.693. The standard InChI is InChI=1S/C17H20Cl2N4O/c1-2-3-7-21-17(24)15-10-16(23-11-22-15)20-8-6-12-4-5-13(18)9-14(12)19/h4-5,9-11H,2-3,6-8H2,1H3,(H,21,24)(H,20,22,23). The first-order valence-electron chi connectivity index (χ1n) is 7.88. The Balaban J connectivity index is 1.88. The fraction of sp³-hybridized carbons (Fsp3) is 0.353. The highest BCUT2D eigenvalue weighted by molar-refractivity contribution is 6.35. The van der Waals surface area contributed by atoms with Gasteiger partial charge in [0, 0.05) is 29.2 Å². The molecule has 7 heteroatoms. The third-order valence-electron chi connectivity index (χ3n) is 3.43. The van der Waals surface area contributed by atoms with Gasteiger partial charge in [-0.05, 0) is 30.5 Å². The lowest BCUT2D eigenvalue weighted by Crippen LogP contribution is -2.25. The molecule has 0 bridgehead atoms. The van der Waals surface area contributed by atoms with Crippen LogP contribution in [-0.2, 0) is 6.42 Å². The second kappa shape index (κ2) is 9.45. The minimum absolute atomic E-state index is 0.186. The molecule has 0 aliphatic heterocycles. The lowest BCUT2D eigenvalue weighted by atomic mass is 10.1. The SMILES string of the molecule is CCCCNC(=O)c1cc(NCCc2ccc(Cl)cc2Cl)ncn1. The summed E-state index contributed by atoms with van der Waals surface area (Å²) in [5.41, 5.74) is 1.35. The lowest BCUT2D eigenvalue weighted by molar-refractivity contribution is 0.0948. The summed E-state index contributed by atoms with van der Waals surface area (Å²) in [5.74, 6) is 0.422. The van der Waals surface area contributed by atoms with Gasteiger partial charge in [-0.15, -0.1) is 0 Å². The van der Waals surface area contributed by atoms with Gasteiger partial charge in [0.15, 0.2) is 0 Å². The zero-order valence-corrected chi connectivity index (χ0v) is 15.0. The number of benzene rings is 1. The van der Waals surface area contributed by atoms with Gasteiger partial charge in [-0.1, -0.05) is 42.6 Å². The summed E-state index contributed by atoms with van der Waals surface area (Å²) in [6, 6.07) is 7.08. The Bertz CT molecular complexity index is 694.